The first-order valence-corrected chi connectivity index (χ1v) is 6.09. The van der Waals surface area contributed by atoms with E-state index < -0.39 is 30.3 Å². The number of carboxylic acid groups (broad SMARTS) is 4. The van der Waals surface area contributed by atoms with Gasteiger partial charge in [-0.25, -0.2) is 14.4 Å². The lowest BCUT2D eigenvalue weighted by Crippen LogP contribution is -2.04. The predicted molar refractivity (Wildman–Crippen MR) is 76.9 cm³/mol. The van der Waals surface area contributed by atoms with E-state index in [-0.39, 0.29) is 22.6 Å². The molecule has 0 aromatic heterocycles. The molecule has 0 aromatic carbocycles. The van der Waals surface area contributed by atoms with Gasteiger partial charge < -0.3 is 20.4 Å². The standard InChI is InChI=1S/C8H9ClO4.C5H6O4/c1-5(7(10)11)2-3-6(4-9)8(12)13;1-3(5(8)9)2-4(6)7/h2-3H,4H2,1H3,(H,10,11)(H,12,13);1-2H2,(H,6,7)(H,8,9). The van der Waals surface area contributed by atoms with Crippen LogP contribution in [0.15, 0.2) is 35.5 Å². The van der Waals surface area contributed by atoms with Gasteiger partial charge in [0.25, 0.3) is 0 Å². The first-order chi connectivity index (χ1) is 10.0. The molecule has 4 N–H and O–H groups in total. The third kappa shape index (κ3) is 11.2. The Morgan fingerprint density at radius 2 is 1.45 bits per heavy atom. The van der Waals surface area contributed by atoms with E-state index in [0.29, 0.717) is 0 Å². The van der Waals surface area contributed by atoms with Crippen LogP contribution in [0.3, 0.4) is 0 Å². The van der Waals surface area contributed by atoms with Crippen LogP contribution in [0.25, 0.3) is 0 Å². The van der Waals surface area contributed by atoms with E-state index >= 15 is 0 Å². The second-order valence-electron chi connectivity index (χ2n) is 3.76. The summed E-state index contributed by atoms with van der Waals surface area (Å²) < 4.78 is 0. The number of hydrogen-bond donors (Lipinski definition) is 4. The Hall–Kier alpha value is -2.61. The average Bonchev–Trinajstić information content (AvgIpc) is 2.38. The van der Waals surface area contributed by atoms with Crippen molar-refractivity contribution in [3.8, 4) is 0 Å². The van der Waals surface area contributed by atoms with Crippen LogP contribution < -0.4 is 0 Å². The molecule has 0 radical (unpaired) electrons. The van der Waals surface area contributed by atoms with E-state index in [2.05, 4.69) is 6.58 Å². The molecule has 0 bridgehead atoms. The fourth-order valence-electron chi connectivity index (χ4n) is 0.728. The second-order valence-corrected chi connectivity index (χ2v) is 4.03. The molecule has 0 fully saturated rings. The molecule has 0 aliphatic rings. The van der Waals surface area contributed by atoms with Crippen molar-refractivity contribution in [1.82, 2.24) is 0 Å². The summed E-state index contributed by atoms with van der Waals surface area (Å²) in [6.45, 7) is 4.38. The Bertz CT molecular complexity index is 530. The molecule has 0 aliphatic carbocycles. The molecule has 8 nitrogen and oxygen atoms in total. The minimum atomic E-state index is -1.27. The molecule has 0 aliphatic heterocycles. The normalized spacial score (nSPS) is 11.0. The Morgan fingerprint density at radius 3 is 1.68 bits per heavy atom. The highest BCUT2D eigenvalue weighted by Gasteiger charge is 2.07. The van der Waals surface area contributed by atoms with Crippen LogP contribution >= 0.6 is 11.6 Å². The molecular formula is C13H15ClO8. The highest BCUT2D eigenvalue weighted by atomic mass is 35.5. The molecule has 0 heterocycles. The molecule has 22 heavy (non-hydrogen) atoms. The zero-order valence-corrected chi connectivity index (χ0v) is 12.3. The molecule has 122 valence electrons. The monoisotopic (exact) mass is 334 g/mol. The summed E-state index contributed by atoms with van der Waals surface area (Å²) in [4.78, 5) is 40.3. The summed E-state index contributed by atoms with van der Waals surface area (Å²) in [5.74, 6) is -4.83. The highest BCUT2D eigenvalue weighted by molar-refractivity contribution is 6.22. The lowest BCUT2D eigenvalue weighted by molar-refractivity contribution is -0.139. The summed E-state index contributed by atoms with van der Waals surface area (Å²) in [7, 11) is 0. The Labute approximate surface area is 130 Å². The average molecular weight is 335 g/mol. The van der Waals surface area contributed by atoms with Gasteiger partial charge in [-0.3, -0.25) is 4.79 Å². The summed E-state index contributed by atoms with van der Waals surface area (Å²) >= 11 is 5.30. The van der Waals surface area contributed by atoms with Gasteiger partial charge in [0.2, 0.25) is 0 Å². The molecule has 0 amide bonds. The van der Waals surface area contributed by atoms with Crippen molar-refractivity contribution >= 4 is 35.5 Å². The molecule has 0 saturated carbocycles. The maximum Gasteiger partial charge on any atom is 0.332 e. The number of hydrogen-bond acceptors (Lipinski definition) is 4. The van der Waals surface area contributed by atoms with E-state index in [4.69, 9.17) is 32.0 Å². The number of allylic oxidation sites excluding steroid dienone is 2. The number of rotatable bonds is 7. The van der Waals surface area contributed by atoms with Gasteiger partial charge in [-0.15, -0.1) is 11.6 Å². The van der Waals surface area contributed by atoms with E-state index in [0.717, 1.165) is 0 Å². The third-order valence-electron chi connectivity index (χ3n) is 1.96. The van der Waals surface area contributed by atoms with Crippen molar-refractivity contribution in [1.29, 1.82) is 0 Å². The maximum atomic E-state index is 10.4. The van der Waals surface area contributed by atoms with Crippen LogP contribution in [0.4, 0.5) is 0 Å². The Kier molecular flexibility index (Phi) is 10.9. The third-order valence-corrected chi connectivity index (χ3v) is 2.25. The van der Waals surface area contributed by atoms with Gasteiger partial charge in [0.1, 0.15) is 0 Å². The molecule has 9 heteroatoms. The van der Waals surface area contributed by atoms with Gasteiger partial charge in [-0.2, -0.15) is 0 Å². The van der Waals surface area contributed by atoms with Crippen LogP contribution in [0.1, 0.15) is 13.3 Å². The minimum Gasteiger partial charge on any atom is -0.481 e. The maximum absolute atomic E-state index is 10.4. The Balaban J connectivity index is 0. The van der Waals surface area contributed by atoms with Crippen LogP contribution in [0.2, 0.25) is 0 Å². The summed E-state index contributed by atoms with van der Waals surface area (Å²) in [6.07, 6.45) is 1.88. The van der Waals surface area contributed by atoms with Gasteiger partial charge >= 0.3 is 23.9 Å². The van der Waals surface area contributed by atoms with Crippen molar-refractivity contribution in [2.24, 2.45) is 0 Å². The van der Waals surface area contributed by atoms with Gasteiger partial charge in [-0.1, -0.05) is 18.7 Å². The molecule has 0 saturated heterocycles. The minimum absolute atomic E-state index is 0.0396. The van der Waals surface area contributed by atoms with Gasteiger partial charge in [0.15, 0.2) is 0 Å². The lowest BCUT2D eigenvalue weighted by Gasteiger charge is -1.93. The van der Waals surface area contributed by atoms with Crippen LogP contribution in [0.5, 0.6) is 0 Å². The zero-order chi connectivity index (χ0) is 17.9. The summed E-state index contributed by atoms with van der Waals surface area (Å²) in [5.41, 5.74) is -0.284. The van der Waals surface area contributed by atoms with Crippen LogP contribution in [0, 0.1) is 0 Å². The molecule has 0 spiro atoms. The molecule has 0 atom stereocenters. The first kappa shape index (κ1) is 21.7. The quantitative estimate of drug-likeness (QED) is 0.310. The number of alkyl halides is 1. The van der Waals surface area contributed by atoms with Gasteiger partial charge in [-0.05, 0) is 6.92 Å². The number of carboxylic acids is 4. The predicted octanol–water partition coefficient (Wildman–Crippen LogP) is 1.37. The molecular weight excluding hydrogens is 320 g/mol. The summed E-state index contributed by atoms with van der Waals surface area (Å²) in [5, 5.41) is 33.0. The van der Waals surface area contributed by atoms with E-state index in [1.165, 1.54) is 19.1 Å². The van der Waals surface area contributed by atoms with Gasteiger partial charge in [0, 0.05) is 11.1 Å². The van der Waals surface area contributed by atoms with Crippen molar-refractivity contribution in [3.05, 3.63) is 35.5 Å². The fraction of sp³-hybridized carbons (Fsp3) is 0.231. The fourth-order valence-corrected chi connectivity index (χ4v) is 0.931. The molecule has 0 rings (SSSR count). The number of halogens is 1. The molecule has 0 unspecified atom stereocenters. The topological polar surface area (TPSA) is 149 Å². The van der Waals surface area contributed by atoms with Crippen molar-refractivity contribution < 1.29 is 39.6 Å². The number of carbonyl (C=O) groups is 4. The smallest absolute Gasteiger partial charge is 0.332 e. The van der Waals surface area contributed by atoms with Gasteiger partial charge in [0.05, 0.1) is 17.9 Å². The second kappa shape index (κ2) is 11.1. The zero-order valence-electron chi connectivity index (χ0n) is 11.6. The van der Waals surface area contributed by atoms with Crippen molar-refractivity contribution in [2.75, 3.05) is 5.88 Å². The van der Waals surface area contributed by atoms with E-state index in [1.54, 1.807) is 0 Å². The van der Waals surface area contributed by atoms with E-state index in [1.807, 2.05) is 0 Å². The van der Waals surface area contributed by atoms with Crippen LogP contribution in [-0.4, -0.2) is 50.2 Å². The van der Waals surface area contributed by atoms with Crippen molar-refractivity contribution in [3.63, 3.8) is 0 Å². The highest BCUT2D eigenvalue weighted by Crippen LogP contribution is 2.01. The van der Waals surface area contributed by atoms with E-state index in [9.17, 15) is 19.2 Å². The SMILES string of the molecule is C=C(CC(=O)O)C(=O)O.CC(=CC=C(CCl)C(=O)O)C(=O)O. The van der Waals surface area contributed by atoms with Crippen molar-refractivity contribution in [2.45, 2.75) is 13.3 Å². The Morgan fingerprint density at radius 1 is 0.955 bits per heavy atom. The lowest BCUT2D eigenvalue weighted by atomic mass is 10.2. The first-order valence-electron chi connectivity index (χ1n) is 5.55. The van der Waals surface area contributed by atoms with Crippen LogP contribution in [-0.2, 0) is 19.2 Å². The number of aliphatic carboxylic acids is 4. The largest absolute Gasteiger partial charge is 0.481 e. The summed E-state index contributed by atoms with van der Waals surface area (Å²) in [6, 6.07) is 0. The molecule has 0 aromatic rings.